The zero-order valence-corrected chi connectivity index (χ0v) is 22.2. The van der Waals surface area contributed by atoms with Crippen molar-refractivity contribution < 1.29 is 4.79 Å². The summed E-state index contributed by atoms with van der Waals surface area (Å²) in [5.74, 6) is 0. The highest BCUT2D eigenvalue weighted by Gasteiger charge is 2.42. The summed E-state index contributed by atoms with van der Waals surface area (Å²) in [6.45, 7) is 4.46. The Balaban J connectivity index is 1.19. The third-order valence-corrected chi connectivity index (χ3v) is 8.16. The second-order valence-electron chi connectivity index (χ2n) is 9.55. The van der Waals surface area contributed by atoms with Gasteiger partial charge in [-0.25, -0.2) is 9.78 Å². The van der Waals surface area contributed by atoms with Crippen molar-refractivity contribution in [2.45, 2.75) is 32.4 Å². The van der Waals surface area contributed by atoms with Gasteiger partial charge in [-0.15, -0.1) is 0 Å². The molecule has 2 aromatic heterocycles. The first kappa shape index (κ1) is 24.6. The number of urea groups is 1. The van der Waals surface area contributed by atoms with Crippen molar-refractivity contribution in [1.82, 2.24) is 24.5 Å². The van der Waals surface area contributed by atoms with Crippen LogP contribution >= 0.6 is 39.1 Å². The Morgan fingerprint density at radius 2 is 1.94 bits per heavy atom. The Bertz CT molecular complexity index is 1330. The van der Waals surface area contributed by atoms with Crippen molar-refractivity contribution in [2.24, 2.45) is 5.41 Å². The number of hydrogen-bond acceptors (Lipinski definition) is 4. The van der Waals surface area contributed by atoms with Crippen LogP contribution in [0.1, 0.15) is 30.5 Å². The molecule has 2 amide bonds. The van der Waals surface area contributed by atoms with E-state index in [2.05, 4.69) is 31.1 Å². The van der Waals surface area contributed by atoms with Gasteiger partial charge in [0.15, 0.2) is 0 Å². The summed E-state index contributed by atoms with van der Waals surface area (Å²) in [6, 6.07) is 10.8. The van der Waals surface area contributed by atoms with Crippen LogP contribution in [0.3, 0.4) is 0 Å². The predicted octanol–water partition coefficient (Wildman–Crippen LogP) is 4.96. The van der Waals surface area contributed by atoms with E-state index in [-0.39, 0.29) is 23.6 Å². The summed E-state index contributed by atoms with van der Waals surface area (Å²) in [4.78, 5) is 34.3. The number of nitrogens with zero attached hydrogens (tertiary/aromatic N) is 4. The molecule has 5 rings (SSSR count). The van der Waals surface area contributed by atoms with Gasteiger partial charge in [-0.1, -0.05) is 29.3 Å². The van der Waals surface area contributed by atoms with Gasteiger partial charge in [0.1, 0.15) is 5.65 Å². The van der Waals surface area contributed by atoms with Gasteiger partial charge in [-0.3, -0.25) is 14.1 Å². The van der Waals surface area contributed by atoms with Crippen LogP contribution in [0.4, 0.5) is 4.79 Å². The van der Waals surface area contributed by atoms with E-state index >= 15 is 0 Å². The molecule has 2 saturated heterocycles. The van der Waals surface area contributed by atoms with Gasteiger partial charge in [-0.05, 0) is 71.6 Å². The Labute approximate surface area is 222 Å². The van der Waals surface area contributed by atoms with E-state index < -0.39 is 0 Å². The lowest BCUT2D eigenvalue weighted by molar-refractivity contribution is 0.107. The average molecular weight is 579 g/mol. The highest BCUT2D eigenvalue weighted by Crippen LogP contribution is 2.39. The molecule has 1 spiro atoms. The number of amides is 2. The first-order valence-corrected chi connectivity index (χ1v) is 13.2. The van der Waals surface area contributed by atoms with Crippen LogP contribution in [-0.4, -0.2) is 51.4 Å². The first-order valence-electron chi connectivity index (χ1n) is 11.7. The van der Waals surface area contributed by atoms with Crippen LogP contribution in [0.15, 0.2) is 51.9 Å². The summed E-state index contributed by atoms with van der Waals surface area (Å²) >= 11 is 15.6. The number of carbonyl (C=O) groups is 1. The van der Waals surface area contributed by atoms with Gasteiger partial charge >= 0.3 is 6.03 Å². The summed E-state index contributed by atoms with van der Waals surface area (Å²) in [7, 11) is 0. The van der Waals surface area contributed by atoms with E-state index in [4.69, 9.17) is 23.2 Å². The van der Waals surface area contributed by atoms with Crippen molar-refractivity contribution in [1.29, 1.82) is 0 Å². The predicted molar refractivity (Wildman–Crippen MR) is 141 cm³/mol. The minimum Gasteiger partial charge on any atom is -0.332 e. The molecule has 2 aliphatic rings. The van der Waals surface area contributed by atoms with E-state index in [0.717, 1.165) is 62.0 Å². The average Bonchev–Trinajstić information content (AvgIpc) is 3.21. The molecule has 0 radical (unpaired) electrons. The van der Waals surface area contributed by atoms with Crippen molar-refractivity contribution in [2.75, 3.05) is 26.2 Å². The Morgan fingerprint density at radius 3 is 2.77 bits per heavy atom. The minimum atomic E-state index is -0.175. The standard InChI is InChI=1S/C25H26BrCl2N5O2/c26-18-3-5-22-30-19(11-23(34)33(22)14-18)12-29-24(35)32-8-1-6-25(16-32)7-9-31(15-25)13-17-2-4-20(27)21(28)10-17/h2-5,10-11,14H,1,6-9,12-13,15-16H2,(H,29,35). The highest BCUT2D eigenvalue weighted by atomic mass is 79.9. The number of carbonyl (C=O) groups excluding carboxylic acids is 1. The molecule has 0 aliphatic carbocycles. The Hall–Kier alpha value is -2.13. The number of aromatic nitrogens is 2. The number of likely N-dealkylation sites (tertiary alicyclic amines) is 2. The molecule has 184 valence electrons. The quantitative estimate of drug-likeness (QED) is 0.475. The van der Waals surface area contributed by atoms with E-state index in [0.29, 0.717) is 21.4 Å². The molecule has 3 aromatic rings. The maximum atomic E-state index is 13.0. The zero-order valence-electron chi connectivity index (χ0n) is 19.1. The minimum absolute atomic E-state index is 0.107. The molecule has 4 heterocycles. The van der Waals surface area contributed by atoms with E-state index in [1.54, 1.807) is 12.3 Å². The van der Waals surface area contributed by atoms with Crippen molar-refractivity contribution in [3.05, 3.63) is 78.7 Å². The molecule has 35 heavy (non-hydrogen) atoms. The van der Waals surface area contributed by atoms with Crippen LogP contribution in [0.5, 0.6) is 0 Å². The summed E-state index contributed by atoms with van der Waals surface area (Å²) in [6.07, 6.45) is 4.86. The molecule has 10 heteroatoms. The first-order chi connectivity index (χ1) is 16.8. The van der Waals surface area contributed by atoms with Gasteiger partial charge in [0, 0.05) is 48.3 Å². The van der Waals surface area contributed by atoms with E-state index in [9.17, 15) is 9.59 Å². The molecule has 2 aliphatic heterocycles. The largest absolute Gasteiger partial charge is 0.332 e. The number of nitrogens with one attached hydrogen (secondary N) is 1. The Morgan fingerprint density at radius 1 is 1.09 bits per heavy atom. The summed E-state index contributed by atoms with van der Waals surface area (Å²) in [5, 5.41) is 4.11. The molecule has 0 saturated carbocycles. The monoisotopic (exact) mass is 577 g/mol. The van der Waals surface area contributed by atoms with Gasteiger partial charge in [0.05, 0.1) is 22.3 Å². The maximum Gasteiger partial charge on any atom is 0.317 e. The SMILES string of the molecule is O=C(NCc1cc(=O)n2cc(Br)ccc2n1)N1CCCC2(CCN(Cc3ccc(Cl)c(Cl)c3)C2)C1. The number of fused-ring (bicyclic) bond motifs is 1. The van der Waals surface area contributed by atoms with Crippen LogP contribution in [0, 0.1) is 5.41 Å². The molecule has 7 nitrogen and oxygen atoms in total. The zero-order chi connectivity index (χ0) is 24.6. The molecular weight excluding hydrogens is 553 g/mol. The fourth-order valence-corrected chi connectivity index (χ4v) is 5.93. The van der Waals surface area contributed by atoms with Crippen LogP contribution in [0.25, 0.3) is 5.65 Å². The third-order valence-electron chi connectivity index (χ3n) is 6.95. The van der Waals surface area contributed by atoms with E-state index in [1.165, 1.54) is 10.5 Å². The second kappa shape index (κ2) is 10.1. The van der Waals surface area contributed by atoms with Gasteiger partial charge < -0.3 is 10.2 Å². The maximum absolute atomic E-state index is 13.0. The highest BCUT2D eigenvalue weighted by molar-refractivity contribution is 9.10. The third kappa shape index (κ3) is 5.50. The van der Waals surface area contributed by atoms with Crippen molar-refractivity contribution >= 4 is 50.8 Å². The molecule has 1 aromatic carbocycles. The van der Waals surface area contributed by atoms with Gasteiger partial charge in [-0.2, -0.15) is 0 Å². The van der Waals surface area contributed by atoms with Crippen LogP contribution < -0.4 is 10.9 Å². The Kier molecular flexibility index (Phi) is 7.08. The lowest BCUT2D eigenvalue weighted by atomic mass is 9.79. The molecule has 1 N–H and O–H groups in total. The van der Waals surface area contributed by atoms with Gasteiger partial charge in [0.25, 0.3) is 5.56 Å². The molecule has 2 fully saturated rings. The van der Waals surface area contributed by atoms with Crippen LogP contribution in [0.2, 0.25) is 10.0 Å². The van der Waals surface area contributed by atoms with Crippen molar-refractivity contribution in [3.63, 3.8) is 0 Å². The summed E-state index contributed by atoms with van der Waals surface area (Å²) < 4.78 is 2.28. The normalized spacial score (nSPS) is 20.6. The molecular formula is C25H26BrCl2N5O2. The fourth-order valence-electron chi connectivity index (χ4n) is 5.27. The number of rotatable bonds is 4. The number of piperidine rings is 1. The smallest absolute Gasteiger partial charge is 0.317 e. The second-order valence-corrected chi connectivity index (χ2v) is 11.3. The molecule has 1 atom stereocenters. The van der Waals surface area contributed by atoms with E-state index in [1.807, 2.05) is 29.2 Å². The number of halogens is 3. The lowest BCUT2D eigenvalue weighted by Crippen LogP contribution is -2.50. The topological polar surface area (TPSA) is 69.9 Å². The number of pyridine rings is 1. The molecule has 0 bridgehead atoms. The van der Waals surface area contributed by atoms with Crippen molar-refractivity contribution in [3.8, 4) is 0 Å². The van der Waals surface area contributed by atoms with Gasteiger partial charge in [0.2, 0.25) is 0 Å². The van der Waals surface area contributed by atoms with Crippen LogP contribution in [-0.2, 0) is 13.1 Å². The fraction of sp³-hybridized carbons (Fsp3) is 0.400. The number of hydrogen-bond donors (Lipinski definition) is 1. The number of benzene rings is 1. The summed E-state index contributed by atoms with van der Waals surface area (Å²) in [5.41, 5.74) is 2.18. The molecule has 1 unspecified atom stereocenters. The lowest BCUT2D eigenvalue weighted by Gasteiger charge is -2.40.